The van der Waals surface area contributed by atoms with Crippen LogP contribution in [0, 0.1) is 6.92 Å². The highest BCUT2D eigenvalue weighted by Crippen LogP contribution is 2.20. The molecule has 0 atom stereocenters. The summed E-state index contributed by atoms with van der Waals surface area (Å²) in [7, 11) is 0. The molecule has 1 aromatic heterocycles. The van der Waals surface area contributed by atoms with Crippen LogP contribution in [0.4, 0.5) is 0 Å². The van der Waals surface area contributed by atoms with Crippen molar-refractivity contribution >= 4 is 29.2 Å². The molecular formula is C7H4Cl2NO2-. The molecule has 64 valence electrons. The third-order valence-electron chi connectivity index (χ3n) is 1.35. The topological polar surface area (TPSA) is 53.0 Å². The summed E-state index contributed by atoms with van der Waals surface area (Å²) in [6.45, 7) is 1.57. The summed E-state index contributed by atoms with van der Waals surface area (Å²) in [5.74, 6) is -1.35. The number of nitrogens with zero attached hydrogens (tertiary/aromatic N) is 1. The summed E-state index contributed by atoms with van der Waals surface area (Å²) in [5, 5.41) is 10.5. The molecule has 5 heteroatoms. The Balaban J connectivity index is 3.38. The number of hydrogen-bond acceptors (Lipinski definition) is 3. The van der Waals surface area contributed by atoms with E-state index in [0.29, 0.717) is 5.56 Å². The second kappa shape index (κ2) is 3.29. The van der Waals surface area contributed by atoms with Crippen molar-refractivity contribution < 1.29 is 9.90 Å². The minimum atomic E-state index is -1.35. The SMILES string of the molecule is Cc1cc(Cl)nc(Cl)c1C(=O)[O-]. The molecule has 1 heterocycles. The van der Waals surface area contributed by atoms with Crippen molar-refractivity contribution in [1.82, 2.24) is 4.98 Å². The number of halogens is 2. The number of aromatic carboxylic acids is 1. The molecule has 0 N–H and O–H groups in total. The Morgan fingerprint density at radius 1 is 1.58 bits per heavy atom. The first kappa shape index (κ1) is 9.29. The van der Waals surface area contributed by atoms with Crippen LogP contribution in [-0.4, -0.2) is 11.0 Å². The number of hydrogen-bond donors (Lipinski definition) is 0. The van der Waals surface area contributed by atoms with Gasteiger partial charge in [-0.15, -0.1) is 0 Å². The maximum atomic E-state index is 10.5. The van der Waals surface area contributed by atoms with Gasteiger partial charge in [0.2, 0.25) is 0 Å². The second-order valence-corrected chi connectivity index (χ2v) is 2.96. The fraction of sp³-hybridized carbons (Fsp3) is 0.143. The van der Waals surface area contributed by atoms with Gasteiger partial charge < -0.3 is 9.90 Å². The van der Waals surface area contributed by atoms with Gasteiger partial charge in [-0.25, -0.2) is 4.98 Å². The zero-order valence-electron chi connectivity index (χ0n) is 6.10. The molecule has 0 radical (unpaired) electrons. The Kier molecular flexibility index (Phi) is 2.55. The first-order valence-corrected chi connectivity index (χ1v) is 3.82. The van der Waals surface area contributed by atoms with Gasteiger partial charge in [0.05, 0.1) is 5.97 Å². The third-order valence-corrected chi connectivity index (χ3v) is 1.81. The van der Waals surface area contributed by atoms with Gasteiger partial charge in [0.25, 0.3) is 0 Å². The number of rotatable bonds is 1. The number of pyridine rings is 1. The van der Waals surface area contributed by atoms with Crippen LogP contribution in [0.25, 0.3) is 0 Å². The molecule has 0 spiro atoms. The molecular weight excluding hydrogens is 201 g/mol. The van der Waals surface area contributed by atoms with Crippen molar-refractivity contribution in [2.45, 2.75) is 6.92 Å². The van der Waals surface area contributed by atoms with Crippen molar-refractivity contribution in [3.63, 3.8) is 0 Å². The Morgan fingerprint density at radius 3 is 2.58 bits per heavy atom. The fourth-order valence-corrected chi connectivity index (χ4v) is 1.45. The lowest BCUT2D eigenvalue weighted by Gasteiger charge is -2.07. The highest BCUT2D eigenvalue weighted by atomic mass is 35.5. The minimum absolute atomic E-state index is 0.110. The number of carboxylic acids is 1. The van der Waals surface area contributed by atoms with Crippen molar-refractivity contribution in [2.24, 2.45) is 0 Å². The summed E-state index contributed by atoms with van der Waals surface area (Å²) < 4.78 is 0. The van der Waals surface area contributed by atoms with E-state index in [-0.39, 0.29) is 15.9 Å². The molecule has 0 aromatic carbocycles. The standard InChI is InChI=1S/C7H5Cl2NO2/c1-3-2-4(8)10-6(9)5(3)7(11)12/h2H,1H3,(H,11,12)/p-1. The number of aromatic nitrogens is 1. The predicted molar refractivity (Wildman–Crippen MR) is 43.3 cm³/mol. The zero-order chi connectivity index (χ0) is 9.30. The molecule has 3 nitrogen and oxygen atoms in total. The van der Waals surface area contributed by atoms with Crippen molar-refractivity contribution in [1.29, 1.82) is 0 Å². The van der Waals surface area contributed by atoms with Gasteiger partial charge in [0.15, 0.2) is 0 Å². The van der Waals surface area contributed by atoms with E-state index in [1.165, 1.54) is 6.07 Å². The van der Waals surface area contributed by atoms with Crippen LogP contribution in [0.15, 0.2) is 6.07 Å². The highest BCUT2D eigenvalue weighted by molar-refractivity contribution is 6.34. The predicted octanol–water partition coefficient (Wildman–Crippen LogP) is 1.06. The fourth-order valence-electron chi connectivity index (χ4n) is 0.841. The summed E-state index contributed by atoms with van der Waals surface area (Å²) in [5.41, 5.74) is 0.334. The van der Waals surface area contributed by atoms with Crippen LogP contribution in [0.3, 0.4) is 0 Å². The molecule has 0 saturated carbocycles. The number of aryl methyl sites for hydroxylation is 1. The minimum Gasteiger partial charge on any atom is -0.545 e. The lowest BCUT2D eigenvalue weighted by atomic mass is 10.2. The van der Waals surface area contributed by atoms with E-state index < -0.39 is 5.97 Å². The molecule has 0 unspecified atom stereocenters. The smallest absolute Gasteiger partial charge is 0.140 e. The van der Waals surface area contributed by atoms with Gasteiger partial charge in [-0.2, -0.15) is 0 Å². The van der Waals surface area contributed by atoms with Gasteiger partial charge in [-0.1, -0.05) is 23.2 Å². The Labute approximate surface area is 78.9 Å². The average Bonchev–Trinajstić information content (AvgIpc) is 1.82. The molecule has 0 aliphatic carbocycles. The van der Waals surface area contributed by atoms with Crippen LogP contribution in [0.5, 0.6) is 0 Å². The summed E-state index contributed by atoms with van der Waals surface area (Å²) in [6.07, 6.45) is 0. The molecule has 0 fully saturated rings. The Bertz CT molecular complexity index is 315. The normalized spacial score (nSPS) is 9.92. The van der Waals surface area contributed by atoms with Crippen molar-refractivity contribution in [3.05, 3.63) is 27.5 Å². The van der Waals surface area contributed by atoms with Gasteiger partial charge in [0, 0.05) is 5.56 Å². The molecule has 0 aliphatic rings. The van der Waals surface area contributed by atoms with Crippen molar-refractivity contribution in [2.75, 3.05) is 0 Å². The average molecular weight is 205 g/mol. The highest BCUT2D eigenvalue weighted by Gasteiger charge is 2.07. The Hall–Kier alpha value is -0.800. The van der Waals surface area contributed by atoms with Crippen LogP contribution in [0.1, 0.15) is 15.9 Å². The third kappa shape index (κ3) is 1.68. The lowest BCUT2D eigenvalue weighted by molar-refractivity contribution is -0.255. The number of carboxylic acid groups (broad SMARTS) is 1. The lowest BCUT2D eigenvalue weighted by Crippen LogP contribution is -2.24. The van der Waals surface area contributed by atoms with E-state index in [4.69, 9.17) is 23.2 Å². The van der Waals surface area contributed by atoms with Crippen LogP contribution < -0.4 is 5.11 Å². The van der Waals surface area contributed by atoms with E-state index in [1.807, 2.05) is 0 Å². The van der Waals surface area contributed by atoms with Crippen LogP contribution >= 0.6 is 23.2 Å². The number of carbonyl (C=O) groups is 1. The van der Waals surface area contributed by atoms with Gasteiger partial charge >= 0.3 is 0 Å². The van der Waals surface area contributed by atoms with E-state index in [0.717, 1.165) is 0 Å². The first-order chi connectivity index (χ1) is 5.52. The van der Waals surface area contributed by atoms with E-state index in [1.54, 1.807) is 6.92 Å². The van der Waals surface area contributed by atoms with E-state index in [9.17, 15) is 9.90 Å². The van der Waals surface area contributed by atoms with E-state index in [2.05, 4.69) is 4.98 Å². The van der Waals surface area contributed by atoms with Gasteiger partial charge in [-0.3, -0.25) is 0 Å². The summed E-state index contributed by atoms with van der Waals surface area (Å²) >= 11 is 11.0. The van der Waals surface area contributed by atoms with Gasteiger partial charge in [0.1, 0.15) is 10.3 Å². The molecule has 1 aromatic rings. The number of carbonyl (C=O) groups excluding carboxylic acids is 1. The molecule has 0 bridgehead atoms. The first-order valence-electron chi connectivity index (χ1n) is 3.06. The van der Waals surface area contributed by atoms with Gasteiger partial charge in [-0.05, 0) is 18.6 Å². The maximum Gasteiger partial charge on any atom is 0.140 e. The largest absolute Gasteiger partial charge is 0.545 e. The van der Waals surface area contributed by atoms with Crippen molar-refractivity contribution in [3.8, 4) is 0 Å². The van der Waals surface area contributed by atoms with Crippen LogP contribution in [0.2, 0.25) is 10.3 Å². The Morgan fingerprint density at radius 2 is 2.17 bits per heavy atom. The molecule has 0 aliphatic heterocycles. The maximum absolute atomic E-state index is 10.5. The molecule has 12 heavy (non-hydrogen) atoms. The molecule has 0 amide bonds. The quantitative estimate of drug-likeness (QED) is 0.644. The zero-order valence-corrected chi connectivity index (χ0v) is 7.61. The second-order valence-electron chi connectivity index (χ2n) is 2.22. The molecule has 0 saturated heterocycles. The van der Waals surface area contributed by atoms with E-state index >= 15 is 0 Å². The molecule has 1 rings (SSSR count). The van der Waals surface area contributed by atoms with Crippen LogP contribution in [-0.2, 0) is 0 Å². The summed E-state index contributed by atoms with van der Waals surface area (Å²) in [6, 6.07) is 1.42. The summed E-state index contributed by atoms with van der Waals surface area (Å²) in [4.78, 5) is 14.0. The monoisotopic (exact) mass is 204 g/mol.